The number of nitrogens with one attached hydrogen (secondary N) is 1. The Morgan fingerprint density at radius 2 is 1.95 bits per heavy atom. The molecular weight excluding hydrogens is 314 g/mol. The normalized spacial score (nSPS) is 13.3. The third-order valence-electron chi connectivity index (χ3n) is 3.12. The van der Waals surface area contributed by atoms with E-state index in [1.54, 1.807) is 0 Å². The molecule has 2 nitrogen and oxygen atoms in total. The molecule has 1 N–H and O–H groups in total. The maximum Gasteiger partial charge on any atom is 0.133 e. The van der Waals surface area contributed by atoms with Crippen LogP contribution in [0.15, 0.2) is 22.7 Å². The molecular formula is C17H28BrNO. The van der Waals surface area contributed by atoms with Gasteiger partial charge in [0.25, 0.3) is 0 Å². The molecule has 3 heteroatoms. The van der Waals surface area contributed by atoms with Crippen molar-refractivity contribution in [2.24, 2.45) is 5.41 Å². The monoisotopic (exact) mass is 341 g/mol. The first-order valence-electron chi connectivity index (χ1n) is 7.53. The third-order valence-corrected chi connectivity index (χ3v) is 3.74. The molecule has 1 aromatic carbocycles. The second-order valence-electron chi connectivity index (χ2n) is 6.39. The van der Waals surface area contributed by atoms with Crippen LogP contribution in [0.25, 0.3) is 0 Å². The lowest BCUT2D eigenvalue weighted by Gasteiger charge is -2.27. The van der Waals surface area contributed by atoms with Crippen molar-refractivity contribution in [3.8, 4) is 5.75 Å². The van der Waals surface area contributed by atoms with Crippen molar-refractivity contribution in [3.05, 3.63) is 28.2 Å². The lowest BCUT2D eigenvalue weighted by Crippen LogP contribution is -2.26. The zero-order chi connectivity index (χ0) is 15.2. The Morgan fingerprint density at radius 3 is 2.45 bits per heavy atom. The second kappa shape index (κ2) is 8.04. The van der Waals surface area contributed by atoms with Crippen LogP contribution in [0.5, 0.6) is 5.75 Å². The SMILES string of the molecule is CCCNC(CC(C)(C)C)c1ccc(OCC)c(Br)c1. The lowest BCUT2D eigenvalue weighted by molar-refractivity contribution is 0.311. The number of hydrogen-bond acceptors (Lipinski definition) is 2. The summed E-state index contributed by atoms with van der Waals surface area (Å²) < 4.78 is 6.62. The highest BCUT2D eigenvalue weighted by Gasteiger charge is 2.20. The van der Waals surface area contributed by atoms with Crippen LogP contribution in [-0.2, 0) is 0 Å². The van der Waals surface area contributed by atoms with Gasteiger partial charge >= 0.3 is 0 Å². The Hall–Kier alpha value is -0.540. The average molecular weight is 342 g/mol. The van der Waals surface area contributed by atoms with Gasteiger partial charge < -0.3 is 10.1 Å². The highest BCUT2D eigenvalue weighted by atomic mass is 79.9. The molecule has 1 aromatic rings. The third kappa shape index (κ3) is 5.84. The van der Waals surface area contributed by atoms with Gasteiger partial charge in [0, 0.05) is 6.04 Å². The number of hydrogen-bond donors (Lipinski definition) is 1. The average Bonchev–Trinajstić information content (AvgIpc) is 2.36. The first-order chi connectivity index (χ1) is 9.37. The zero-order valence-corrected chi connectivity index (χ0v) is 15.0. The predicted molar refractivity (Wildman–Crippen MR) is 90.4 cm³/mol. The van der Waals surface area contributed by atoms with E-state index in [-0.39, 0.29) is 0 Å². The second-order valence-corrected chi connectivity index (χ2v) is 7.25. The minimum atomic E-state index is 0.302. The Morgan fingerprint density at radius 1 is 1.25 bits per heavy atom. The van der Waals surface area contributed by atoms with Crippen molar-refractivity contribution in [3.63, 3.8) is 0 Å². The van der Waals surface area contributed by atoms with Crippen LogP contribution in [-0.4, -0.2) is 13.2 Å². The predicted octanol–water partition coefficient (Wildman–Crippen LogP) is 5.32. The highest BCUT2D eigenvalue weighted by Crippen LogP contribution is 2.33. The van der Waals surface area contributed by atoms with Crippen LogP contribution in [0.2, 0.25) is 0 Å². The molecule has 0 aliphatic carbocycles. The van der Waals surface area contributed by atoms with Crippen molar-refractivity contribution in [1.29, 1.82) is 0 Å². The summed E-state index contributed by atoms with van der Waals surface area (Å²) in [6, 6.07) is 6.81. The van der Waals surface area contributed by atoms with Crippen molar-refractivity contribution in [2.75, 3.05) is 13.2 Å². The Bertz CT molecular complexity index is 412. The molecule has 1 unspecified atom stereocenters. The smallest absolute Gasteiger partial charge is 0.133 e. The summed E-state index contributed by atoms with van der Waals surface area (Å²) in [5, 5.41) is 3.66. The standard InChI is InChI=1S/C17H28BrNO/c1-6-10-19-15(12-17(3,4)5)13-8-9-16(20-7-2)14(18)11-13/h8-9,11,15,19H,6-7,10,12H2,1-5H3. The number of halogens is 1. The van der Waals surface area contributed by atoms with Gasteiger partial charge in [0.15, 0.2) is 0 Å². The van der Waals surface area contributed by atoms with Gasteiger partial charge in [-0.3, -0.25) is 0 Å². The summed E-state index contributed by atoms with van der Waals surface area (Å²) in [4.78, 5) is 0. The van der Waals surface area contributed by atoms with Crippen LogP contribution in [0.3, 0.4) is 0 Å². The molecule has 114 valence electrons. The quantitative estimate of drug-likeness (QED) is 0.724. The zero-order valence-electron chi connectivity index (χ0n) is 13.4. The minimum Gasteiger partial charge on any atom is -0.493 e. The maximum atomic E-state index is 5.59. The number of ether oxygens (including phenoxy) is 1. The summed E-state index contributed by atoms with van der Waals surface area (Å²) in [6.07, 6.45) is 2.27. The van der Waals surface area contributed by atoms with Gasteiger partial charge in [0.2, 0.25) is 0 Å². The summed E-state index contributed by atoms with van der Waals surface area (Å²) in [5.41, 5.74) is 1.62. The van der Waals surface area contributed by atoms with Gasteiger partial charge in [0.1, 0.15) is 5.75 Å². The summed E-state index contributed by atoms with van der Waals surface area (Å²) >= 11 is 3.61. The van der Waals surface area contributed by atoms with Gasteiger partial charge in [0.05, 0.1) is 11.1 Å². The summed E-state index contributed by atoms with van der Waals surface area (Å²) in [5.74, 6) is 0.918. The van der Waals surface area contributed by atoms with E-state index in [1.165, 1.54) is 5.56 Å². The van der Waals surface area contributed by atoms with Gasteiger partial charge in [-0.2, -0.15) is 0 Å². The minimum absolute atomic E-state index is 0.302. The van der Waals surface area contributed by atoms with Crippen LogP contribution in [0, 0.1) is 5.41 Å². The first kappa shape index (κ1) is 17.5. The molecule has 0 aromatic heterocycles. The van der Waals surface area contributed by atoms with E-state index in [0.29, 0.717) is 18.1 Å². The molecule has 0 radical (unpaired) electrons. The first-order valence-corrected chi connectivity index (χ1v) is 8.32. The van der Waals surface area contributed by atoms with E-state index in [0.717, 1.165) is 29.6 Å². The molecule has 0 fully saturated rings. The van der Waals surface area contributed by atoms with Crippen molar-refractivity contribution in [1.82, 2.24) is 5.32 Å². The molecule has 0 amide bonds. The summed E-state index contributed by atoms with van der Waals surface area (Å²) in [7, 11) is 0. The van der Waals surface area contributed by atoms with E-state index < -0.39 is 0 Å². The molecule has 0 aliphatic heterocycles. The van der Waals surface area contributed by atoms with Crippen molar-refractivity contribution in [2.45, 2.75) is 53.5 Å². The van der Waals surface area contributed by atoms with Gasteiger partial charge in [-0.05, 0) is 65.4 Å². The molecule has 0 aliphatic rings. The Kier molecular flexibility index (Phi) is 7.04. The topological polar surface area (TPSA) is 21.3 Å². The largest absolute Gasteiger partial charge is 0.493 e. The molecule has 0 bridgehead atoms. The highest BCUT2D eigenvalue weighted by molar-refractivity contribution is 9.10. The summed E-state index contributed by atoms with van der Waals surface area (Å²) in [6.45, 7) is 12.8. The van der Waals surface area contributed by atoms with Gasteiger partial charge in [-0.1, -0.05) is 33.8 Å². The van der Waals surface area contributed by atoms with Crippen molar-refractivity contribution < 1.29 is 4.74 Å². The number of rotatable bonds is 7. The van der Waals surface area contributed by atoms with E-state index in [9.17, 15) is 0 Å². The molecule has 0 saturated heterocycles. The molecule has 1 rings (SSSR count). The molecule has 20 heavy (non-hydrogen) atoms. The molecule has 1 atom stereocenters. The Balaban J connectivity index is 2.92. The van der Waals surface area contributed by atoms with Crippen LogP contribution in [0.4, 0.5) is 0 Å². The van der Waals surface area contributed by atoms with E-state index in [2.05, 4.69) is 67.1 Å². The van der Waals surface area contributed by atoms with Gasteiger partial charge in [-0.15, -0.1) is 0 Å². The fourth-order valence-electron chi connectivity index (χ4n) is 2.25. The maximum absolute atomic E-state index is 5.59. The molecule has 0 heterocycles. The fourth-order valence-corrected chi connectivity index (χ4v) is 2.76. The molecule has 0 saturated carbocycles. The van der Waals surface area contributed by atoms with E-state index in [1.807, 2.05) is 6.92 Å². The lowest BCUT2D eigenvalue weighted by atomic mass is 9.85. The Labute approximate surface area is 132 Å². The van der Waals surface area contributed by atoms with Crippen LogP contribution in [0.1, 0.15) is 59.1 Å². The molecule has 0 spiro atoms. The fraction of sp³-hybridized carbons (Fsp3) is 0.647. The van der Waals surface area contributed by atoms with Gasteiger partial charge in [-0.25, -0.2) is 0 Å². The van der Waals surface area contributed by atoms with Crippen LogP contribution >= 0.6 is 15.9 Å². The van der Waals surface area contributed by atoms with Crippen LogP contribution < -0.4 is 10.1 Å². The van der Waals surface area contributed by atoms with E-state index in [4.69, 9.17) is 4.74 Å². The van der Waals surface area contributed by atoms with E-state index >= 15 is 0 Å². The number of benzene rings is 1. The van der Waals surface area contributed by atoms with Crippen molar-refractivity contribution >= 4 is 15.9 Å².